The van der Waals surface area contributed by atoms with E-state index in [4.69, 9.17) is 5.73 Å². The van der Waals surface area contributed by atoms with E-state index in [9.17, 15) is 8.78 Å². The van der Waals surface area contributed by atoms with Crippen LogP contribution in [0.5, 0.6) is 0 Å². The summed E-state index contributed by atoms with van der Waals surface area (Å²) in [6.45, 7) is 6.14. The molecule has 1 heterocycles. The van der Waals surface area contributed by atoms with E-state index in [1.807, 2.05) is 6.92 Å². The van der Waals surface area contributed by atoms with E-state index in [1.165, 1.54) is 12.1 Å². The minimum absolute atomic E-state index is 0.143. The summed E-state index contributed by atoms with van der Waals surface area (Å²) in [6, 6.07) is 3.46. The van der Waals surface area contributed by atoms with Crippen molar-refractivity contribution in [1.82, 2.24) is 10.2 Å². The van der Waals surface area contributed by atoms with Crippen LogP contribution in [0.2, 0.25) is 0 Å². The van der Waals surface area contributed by atoms with Crippen molar-refractivity contribution in [3.8, 4) is 11.1 Å². The smallest absolute Gasteiger partial charge is 0.153 e. The molecule has 102 valence electrons. The molecule has 0 fully saturated rings. The van der Waals surface area contributed by atoms with Gasteiger partial charge in [0.05, 0.1) is 0 Å². The van der Waals surface area contributed by atoms with E-state index in [1.54, 1.807) is 0 Å². The number of aromatic nitrogens is 2. The molecule has 0 saturated carbocycles. The molecule has 0 bridgehead atoms. The molecule has 2 rings (SSSR count). The SMILES string of the molecule is CC(C)C(C)c1[nH]nc(N)c1-c1ccc(F)cc1F. The fraction of sp³-hybridized carbons (Fsp3) is 0.357. The molecule has 0 aliphatic heterocycles. The Morgan fingerprint density at radius 1 is 1.21 bits per heavy atom. The highest BCUT2D eigenvalue weighted by molar-refractivity contribution is 5.77. The van der Waals surface area contributed by atoms with E-state index in [-0.39, 0.29) is 17.3 Å². The second-order valence-corrected chi connectivity index (χ2v) is 5.05. The first-order valence-corrected chi connectivity index (χ1v) is 6.21. The summed E-state index contributed by atoms with van der Waals surface area (Å²) in [4.78, 5) is 0. The van der Waals surface area contributed by atoms with Gasteiger partial charge in [-0.05, 0) is 18.1 Å². The standard InChI is InChI=1S/C14H17F2N3/c1-7(2)8(3)13-12(14(17)19-18-13)10-5-4-9(15)6-11(10)16/h4-8H,1-3H3,(H3,17,18,19). The molecule has 1 aromatic carbocycles. The van der Waals surface area contributed by atoms with Crippen molar-refractivity contribution in [3.05, 3.63) is 35.5 Å². The molecular formula is C14H17F2N3. The zero-order chi connectivity index (χ0) is 14.2. The summed E-state index contributed by atoms with van der Waals surface area (Å²) in [7, 11) is 0. The number of nitrogens with one attached hydrogen (secondary N) is 1. The lowest BCUT2D eigenvalue weighted by Gasteiger charge is -2.16. The van der Waals surface area contributed by atoms with Gasteiger partial charge in [0, 0.05) is 28.8 Å². The van der Waals surface area contributed by atoms with Gasteiger partial charge >= 0.3 is 0 Å². The Kier molecular flexibility index (Phi) is 3.55. The number of nitrogen functional groups attached to an aromatic ring is 1. The zero-order valence-electron chi connectivity index (χ0n) is 11.2. The number of hydrogen-bond acceptors (Lipinski definition) is 2. The topological polar surface area (TPSA) is 54.7 Å². The second kappa shape index (κ2) is 4.99. The maximum atomic E-state index is 13.9. The van der Waals surface area contributed by atoms with Crippen LogP contribution in [0, 0.1) is 17.6 Å². The van der Waals surface area contributed by atoms with Crippen LogP contribution in [0.1, 0.15) is 32.4 Å². The van der Waals surface area contributed by atoms with Crippen molar-refractivity contribution in [2.24, 2.45) is 5.92 Å². The molecule has 2 aromatic rings. The Balaban J connectivity index is 2.58. The van der Waals surface area contributed by atoms with Crippen molar-refractivity contribution in [2.75, 3.05) is 5.73 Å². The van der Waals surface area contributed by atoms with Crippen molar-refractivity contribution in [1.29, 1.82) is 0 Å². The highest BCUT2D eigenvalue weighted by Crippen LogP contribution is 2.36. The molecule has 3 nitrogen and oxygen atoms in total. The predicted molar refractivity (Wildman–Crippen MR) is 71.6 cm³/mol. The maximum absolute atomic E-state index is 13.9. The lowest BCUT2D eigenvalue weighted by atomic mass is 9.90. The monoisotopic (exact) mass is 265 g/mol. The average molecular weight is 265 g/mol. The van der Waals surface area contributed by atoms with E-state index in [0.717, 1.165) is 11.8 Å². The van der Waals surface area contributed by atoms with Crippen LogP contribution in [0.15, 0.2) is 18.2 Å². The number of benzene rings is 1. The van der Waals surface area contributed by atoms with Crippen LogP contribution < -0.4 is 5.73 Å². The minimum Gasteiger partial charge on any atom is -0.382 e. The minimum atomic E-state index is -0.634. The van der Waals surface area contributed by atoms with Gasteiger partial charge in [-0.15, -0.1) is 0 Å². The molecule has 0 aliphatic rings. The quantitative estimate of drug-likeness (QED) is 0.889. The molecule has 1 unspecified atom stereocenters. The molecule has 0 spiro atoms. The van der Waals surface area contributed by atoms with Crippen molar-refractivity contribution >= 4 is 5.82 Å². The van der Waals surface area contributed by atoms with Crippen molar-refractivity contribution in [3.63, 3.8) is 0 Å². The average Bonchev–Trinajstić information content (AvgIpc) is 2.70. The van der Waals surface area contributed by atoms with E-state index >= 15 is 0 Å². The van der Waals surface area contributed by atoms with Gasteiger partial charge in [0.25, 0.3) is 0 Å². The van der Waals surface area contributed by atoms with Gasteiger partial charge in [-0.1, -0.05) is 20.8 Å². The largest absolute Gasteiger partial charge is 0.382 e. The van der Waals surface area contributed by atoms with Gasteiger partial charge in [0.1, 0.15) is 11.6 Å². The summed E-state index contributed by atoms with van der Waals surface area (Å²) in [6.07, 6.45) is 0. The molecule has 0 radical (unpaired) electrons. The third-order valence-electron chi connectivity index (χ3n) is 3.48. The third-order valence-corrected chi connectivity index (χ3v) is 3.48. The lowest BCUT2D eigenvalue weighted by molar-refractivity contribution is 0.523. The number of hydrogen-bond donors (Lipinski definition) is 2. The van der Waals surface area contributed by atoms with Gasteiger partial charge < -0.3 is 5.73 Å². The molecule has 0 amide bonds. The first-order chi connectivity index (χ1) is 8.91. The molecular weight excluding hydrogens is 248 g/mol. The summed E-state index contributed by atoms with van der Waals surface area (Å²) in [5.41, 5.74) is 7.39. The number of nitrogens with zero attached hydrogens (tertiary/aromatic N) is 1. The molecule has 5 heteroatoms. The summed E-state index contributed by atoms with van der Waals surface area (Å²) < 4.78 is 26.9. The Bertz CT molecular complexity index is 590. The summed E-state index contributed by atoms with van der Waals surface area (Å²) in [5, 5.41) is 6.81. The highest BCUT2D eigenvalue weighted by atomic mass is 19.1. The molecule has 3 N–H and O–H groups in total. The second-order valence-electron chi connectivity index (χ2n) is 5.05. The van der Waals surface area contributed by atoms with Gasteiger partial charge in [0.15, 0.2) is 5.82 Å². The van der Waals surface area contributed by atoms with Gasteiger partial charge in [-0.2, -0.15) is 5.10 Å². The summed E-state index contributed by atoms with van der Waals surface area (Å²) in [5.74, 6) is -0.522. The van der Waals surface area contributed by atoms with E-state index < -0.39 is 11.6 Å². The number of anilines is 1. The van der Waals surface area contributed by atoms with Crippen molar-refractivity contribution < 1.29 is 8.78 Å². The number of nitrogens with two attached hydrogens (primary N) is 1. The maximum Gasteiger partial charge on any atom is 0.153 e. The molecule has 0 saturated heterocycles. The number of aromatic amines is 1. The molecule has 1 atom stereocenters. The first-order valence-electron chi connectivity index (χ1n) is 6.21. The van der Waals surface area contributed by atoms with Crippen LogP contribution in [0.4, 0.5) is 14.6 Å². The number of halogens is 2. The Labute approximate surface area is 110 Å². The van der Waals surface area contributed by atoms with Crippen LogP contribution >= 0.6 is 0 Å². The Morgan fingerprint density at radius 3 is 2.47 bits per heavy atom. The van der Waals surface area contributed by atoms with E-state index in [2.05, 4.69) is 24.0 Å². The first kappa shape index (κ1) is 13.5. The lowest BCUT2D eigenvalue weighted by Crippen LogP contribution is -2.05. The van der Waals surface area contributed by atoms with Crippen molar-refractivity contribution in [2.45, 2.75) is 26.7 Å². The molecule has 0 aliphatic carbocycles. The van der Waals surface area contributed by atoms with Gasteiger partial charge in [-0.3, -0.25) is 5.10 Å². The van der Waals surface area contributed by atoms with Gasteiger partial charge in [0.2, 0.25) is 0 Å². The highest BCUT2D eigenvalue weighted by Gasteiger charge is 2.22. The Morgan fingerprint density at radius 2 is 1.89 bits per heavy atom. The van der Waals surface area contributed by atoms with Crippen LogP contribution in [-0.2, 0) is 0 Å². The van der Waals surface area contributed by atoms with Crippen LogP contribution in [0.25, 0.3) is 11.1 Å². The summed E-state index contributed by atoms with van der Waals surface area (Å²) >= 11 is 0. The fourth-order valence-electron chi connectivity index (χ4n) is 2.01. The van der Waals surface area contributed by atoms with Crippen LogP contribution in [-0.4, -0.2) is 10.2 Å². The predicted octanol–water partition coefficient (Wildman–Crippen LogP) is 3.70. The van der Waals surface area contributed by atoms with E-state index in [0.29, 0.717) is 11.5 Å². The fourth-order valence-corrected chi connectivity index (χ4v) is 2.01. The zero-order valence-corrected chi connectivity index (χ0v) is 11.2. The number of H-pyrrole nitrogens is 1. The molecule has 1 aromatic heterocycles. The number of rotatable bonds is 3. The van der Waals surface area contributed by atoms with Gasteiger partial charge in [-0.25, -0.2) is 8.78 Å². The normalized spacial score (nSPS) is 12.9. The molecule has 19 heavy (non-hydrogen) atoms. The third kappa shape index (κ3) is 2.45. The van der Waals surface area contributed by atoms with Crippen LogP contribution in [0.3, 0.4) is 0 Å². The Hall–Kier alpha value is -1.91.